The molecule has 0 aliphatic carbocycles. The van der Waals surface area contributed by atoms with Gasteiger partial charge < -0.3 is 27.9 Å². The van der Waals surface area contributed by atoms with Crippen LogP contribution in [0.4, 0.5) is 0 Å². The van der Waals surface area contributed by atoms with Crippen molar-refractivity contribution >= 4 is 64.6 Å². The number of fused-ring (bicyclic) bond motifs is 2. The van der Waals surface area contributed by atoms with E-state index >= 15 is 0 Å². The molecule has 7 heterocycles. The molecule has 0 unspecified atom stereocenters. The molecule has 0 spiro atoms. The Kier molecular flexibility index (Phi) is 13.2. The van der Waals surface area contributed by atoms with Gasteiger partial charge in [-0.25, -0.2) is 9.97 Å². The molecule has 11 rings (SSSR count). The Balaban J connectivity index is 0.000000135. The van der Waals surface area contributed by atoms with Crippen molar-refractivity contribution in [2.45, 2.75) is 117 Å². The molecule has 16 heteroatoms. The van der Waals surface area contributed by atoms with E-state index in [1.165, 1.54) is 0 Å². The SMILES string of the molecule is Brc1ccc(-c2nc3ccccc3n2-c2ccccc2)nc1.CC1(C)OB(B2OC(C)(C)C(C)(C)O2)OC1(C)C.CC1(C)OB(c2ccc(-c3nc4ccccc4n3-c3ccccc3)nc2)OC1(C)C. The zero-order chi connectivity index (χ0) is 49.9. The highest BCUT2D eigenvalue weighted by Gasteiger charge is 2.63. The quantitative estimate of drug-likeness (QED) is 0.149. The molecule has 3 saturated heterocycles. The number of pyridine rings is 2. The molecule has 0 amide bonds. The third-order valence-electron chi connectivity index (χ3n) is 14.4. The molecule has 3 aliphatic heterocycles. The van der Waals surface area contributed by atoms with Crippen LogP contribution < -0.4 is 5.46 Å². The lowest BCUT2D eigenvalue weighted by molar-refractivity contribution is 0.00578. The molecule has 70 heavy (non-hydrogen) atoms. The van der Waals surface area contributed by atoms with Gasteiger partial charge in [0, 0.05) is 33.7 Å². The van der Waals surface area contributed by atoms with Gasteiger partial charge in [0.1, 0.15) is 11.4 Å². The number of imidazole rings is 2. The first-order valence-electron chi connectivity index (χ1n) is 23.8. The first-order valence-corrected chi connectivity index (χ1v) is 24.6. The molecule has 0 N–H and O–H groups in total. The molecule has 0 radical (unpaired) electrons. The van der Waals surface area contributed by atoms with Gasteiger partial charge in [0.05, 0.1) is 55.7 Å². The fourth-order valence-corrected chi connectivity index (χ4v) is 8.47. The van der Waals surface area contributed by atoms with Crippen LogP contribution in [0.1, 0.15) is 83.1 Å². The van der Waals surface area contributed by atoms with Gasteiger partial charge in [0.25, 0.3) is 0 Å². The third kappa shape index (κ3) is 9.55. The van der Waals surface area contributed by atoms with Gasteiger partial charge in [0.2, 0.25) is 0 Å². The van der Waals surface area contributed by atoms with Crippen LogP contribution in [0.3, 0.4) is 0 Å². The highest BCUT2D eigenvalue weighted by atomic mass is 79.9. The van der Waals surface area contributed by atoms with Gasteiger partial charge >= 0.3 is 21.1 Å². The minimum absolute atomic E-state index is 0.360. The Morgan fingerprint density at radius 1 is 0.400 bits per heavy atom. The number of para-hydroxylation sites is 6. The number of hydrogen-bond donors (Lipinski definition) is 0. The average molecular weight is 1000 g/mol. The first kappa shape index (κ1) is 49.5. The van der Waals surface area contributed by atoms with Gasteiger partial charge in [-0.05, 0) is 166 Å². The van der Waals surface area contributed by atoms with Gasteiger partial charge in [-0.15, -0.1) is 0 Å². The predicted molar refractivity (Wildman–Crippen MR) is 284 cm³/mol. The van der Waals surface area contributed by atoms with E-state index in [4.69, 9.17) is 42.9 Å². The molecule has 3 aliphatic rings. The number of benzene rings is 4. The number of aromatic nitrogens is 6. The number of hydrogen-bond acceptors (Lipinski definition) is 10. The summed E-state index contributed by atoms with van der Waals surface area (Å²) >= 11 is 3.43. The standard InChI is InChI=1S/C24H24BN3O2.C18H12BrN3.C12H24B2O4/c1-23(2)24(3,4)30-25(29-23)17-14-15-20(26-16-17)22-27-19-12-8-9-13-21(19)28(22)18-10-6-5-7-11-18;19-13-10-11-16(20-12-13)18-21-15-8-4-5-9-17(15)22(18)14-6-2-1-3-7-14;1-9(2)10(3,4)16-13(15-9)14-17-11(5,6)12(7,8)18-14/h5-16H,1-4H3;1-12H;1-8H3. The normalized spacial score (nSPS) is 19.2. The summed E-state index contributed by atoms with van der Waals surface area (Å²) in [4.78, 5) is 18.9. The van der Waals surface area contributed by atoms with Crippen LogP contribution in [0.15, 0.2) is 150 Å². The van der Waals surface area contributed by atoms with Gasteiger partial charge in [0.15, 0.2) is 11.6 Å². The molecular weight excluding hydrogens is 941 g/mol. The van der Waals surface area contributed by atoms with Gasteiger partial charge in [-0.3, -0.25) is 19.1 Å². The number of rotatable bonds is 6. The fraction of sp³-hybridized carbons (Fsp3) is 0.333. The van der Waals surface area contributed by atoms with Crippen molar-refractivity contribution in [2.75, 3.05) is 0 Å². The second-order valence-corrected chi connectivity index (χ2v) is 21.8. The monoisotopic (exact) mass is 1000 g/mol. The lowest BCUT2D eigenvalue weighted by atomic mass is 9.49. The fourth-order valence-electron chi connectivity index (χ4n) is 8.24. The lowest BCUT2D eigenvalue weighted by Gasteiger charge is -2.32. The summed E-state index contributed by atoms with van der Waals surface area (Å²) in [5.74, 6) is 1.66. The second-order valence-electron chi connectivity index (χ2n) is 20.9. The molecule has 0 saturated carbocycles. The van der Waals surface area contributed by atoms with Crippen molar-refractivity contribution in [1.29, 1.82) is 0 Å². The summed E-state index contributed by atoms with van der Waals surface area (Å²) < 4.78 is 41.4. The summed E-state index contributed by atoms with van der Waals surface area (Å²) in [6.07, 6.45) is 3.62. The first-order chi connectivity index (χ1) is 33.1. The zero-order valence-corrected chi connectivity index (χ0v) is 43.7. The second kappa shape index (κ2) is 18.6. The summed E-state index contributed by atoms with van der Waals surface area (Å²) in [5.41, 5.74) is 6.52. The Bertz CT molecular complexity index is 3030. The zero-order valence-electron chi connectivity index (χ0n) is 42.1. The van der Waals surface area contributed by atoms with Crippen LogP contribution in [-0.4, -0.2) is 83.8 Å². The highest BCUT2D eigenvalue weighted by molar-refractivity contribution is 9.10. The van der Waals surface area contributed by atoms with Gasteiger partial charge in [-0.1, -0.05) is 66.7 Å². The summed E-state index contributed by atoms with van der Waals surface area (Å²) in [6.45, 7) is 24.4. The molecule has 12 nitrogen and oxygen atoms in total. The van der Waals surface area contributed by atoms with E-state index in [0.29, 0.717) is 0 Å². The van der Waals surface area contributed by atoms with Crippen LogP contribution in [0.25, 0.3) is 56.5 Å². The molecule has 4 aromatic carbocycles. The lowest BCUT2D eigenvalue weighted by Crippen LogP contribution is -2.41. The van der Waals surface area contributed by atoms with Crippen LogP contribution in [-0.2, 0) is 27.9 Å². The molecule has 3 fully saturated rings. The van der Waals surface area contributed by atoms with Crippen LogP contribution in [0, 0.1) is 0 Å². The van der Waals surface area contributed by atoms with Crippen molar-refractivity contribution in [3.63, 3.8) is 0 Å². The van der Waals surface area contributed by atoms with Crippen molar-refractivity contribution in [3.8, 4) is 34.4 Å². The maximum atomic E-state index is 6.15. The molecular formula is C54H60B3BrN6O6. The Morgan fingerprint density at radius 3 is 1.13 bits per heavy atom. The number of nitrogens with zero attached hydrogens (tertiary/aromatic N) is 6. The smallest absolute Gasteiger partial charge is 0.405 e. The predicted octanol–water partition coefficient (Wildman–Crippen LogP) is 11.5. The molecule has 0 atom stereocenters. The summed E-state index contributed by atoms with van der Waals surface area (Å²) in [6, 6.07) is 44.7. The molecule has 0 bridgehead atoms. The van der Waals surface area contributed by atoms with Crippen molar-refractivity contribution in [3.05, 3.63) is 150 Å². The van der Waals surface area contributed by atoms with Crippen LogP contribution in [0.2, 0.25) is 0 Å². The highest BCUT2D eigenvalue weighted by Crippen LogP contribution is 2.43. The summed E-state index contributed by atoms with van der Waals surface area (Å²) in [7, 11) is -1.38. The van der Waals surface area contributed by atoms with Crippen LogP contribution in [0.5, 0.6) is 0 Å². The van der Waals surface area contributed by atoms with E-state index in [1.807, 2.05) is 159 Å². The Morgan fingerprint density at radius 2 is 0.757 bits per heavy atom. The Hall–Kier alpha value is -5.45. The van der Waals surface area contributed by atoms with Gasteiger partial charge in [-0.2, -0.15) is 0 Å². The van der Waals surface area contributed by atoms with E-state index < -0.39 is 21.1 Å². The average Bonchev–Trinajstić information content (AvgIpc) is 4.07. The van der Waals surface area contributed by atoms with Crippen molar-refractivity contribution in [2.24, 2.45) is 0 Å². The molecule has 358 valence electrons. The van der Waals surface area contributed by atoms with Crippen LogP contribution >= 0.6 is 15.9 Å². The van der Waals surface area contributed by atoms with E-state index in [0.717, 1.165) is 66.4 Å². The molecule has 8 aromatic rings. The third-order valence-corrected chi connectivity index (χ3v) is 14.9. The minimum atomic E-state index is -0.476. The number of halogens is 1. The van der Waals surface area contributed by atoms with Crippen molar-refractivity contribution < 1.29 is 27.9 Å². The summed E-state index contributed by atoms with van der Waals surface area (Å²) in [5, 5.41) is 0. The minimum Gasteiger partial charge on any atom is -0.405 e. The topological polar surface area (TPSA) is 117 Å². The largest absolute Gasteiger partial charge is 0.496 e. The Labute approximate surface area is 421 Å². The maximum Gasteiger partial charge on any atom is 0.496 e. The van der Waals surface area contributed by atoms with Crippen molar-refractivity contribution in [1.82, 2.24) is 29.1 Å². The van der Waals surface area contributed by atoms with E-state index in [2.05, 4.69) is 94.1 Å². The molecule has 4 aromatic heterocycles. The van der Waals surface area contributed by atoms with E-state index in [-0.39, 0.29) is 33.6 Å². The van der Waals surface area contributed by atoms with E-state index in [1.54, 1.807) is 6.20 Å². The van der Waals surface area contributed by atoms with E-state index in [9.17, 15) is 0 Å². The maximum absolute atomic E-state index is 6.15.